The minimum atomic E-state index is -0.295. The lowest BCUT2D eigenvalue weighted by molar-refractivity contribution is -0.119. The van der Waals surface area contributed by atoms with E-state index < -0.39 is 0 Å². The molecule has 2 amide bonds. The van der Waals surface area contributed by atoms with Crippen LogP contribution in [0.5, 0.6) is 0 Å². The van der Waals surface area contributed by atoms with E-state index in [0.29, 0.717) is 22.4 Å². The van der Waals surface area contributed by atoms with Gasteiger partial charge in [0.05, 0.1) is 21.8 Å². The summed E-state index contributed by atoms with van der Waals surface area (Å²) in [7, 11) is 0. The smallest absolute Gasteiger partial charge is 0.279 e. The topological polar surface area (TPSA) is 104 Å². The molecule has 2 aliphatic carbocycles. The van der Waals surface area contributed by atoms with E-state index in [9.17, 15) is 14.4 Å². The first-order valence-electron chi connectivity index (χ1n) is 10.8. The second-order valence-corrected chi connectivity index (χ2v) is 11.7. The van der Waals surface area contributed by atoms with E-state index in [2.05, 4.69) is 27.7 Å². The summed E-state index contributed by atoms with van der Waals surface area (Å²) in [6.45, 7) is 2.23. The number of aromatic amines is 1. The number of aryl methyl sites for hydroxylation is 3. The van der Waals surface area contributed by atoms with Crippen LogP contribution in [0.3, 0.4) is 0 Å². The standard InChI is InChI=1S/C22H24N4O3S3/c1-11-5-6-14-12(7-11)8-16(31-14)20(28)26-25-18(27)10-30-9-17-23-21(29)19-13-3-2-4-15(13)32-22(19)24-17/h8,11H,2-7,9-10H2,1H3,(H,25,27)(H,26,28)(H,23,24,29). The zero-order valence-corrected chi connectivity index (χ0v) is 20.2. The van der Waals surface area contributed by atoms with Crippen LogP contribution in [0.25, 0.3) is 10.2 Å². The van der Waals surface area contributed by atoms with E-state index >= 15 is 0 Å². The first-order valence-corrected chi connectivity index (χ1v) is 13.6. The molecule has 5 rings (SSSR count). The Kier molecular flexibility index (Phi) is 6.09. The molecule has 3 N–H and O–H groups in total. The molecule has 168 valence electrons. The molecule has 7 nitrogen and oxygen atoms in total. The molecule has 10 heteroatoms. The number of rotatable bonds is 5. The van der Waals surface area contributed by atoms with Crippen LogP contribution in [0.15, 0.2) is 10.9 Å². The van der Waals surface area contributed by atoms with E-state index in [-0.39, 0.29) is 23.1 Å². The van der Waals surface area contributed by atoms with Gasteiger partial charge in [-0.2, -0.15) is 0 Å². The highest BCUT2D eigenvalue weighted by Crippen LogP contribution is 2.34. The van der Waals surface area contributed by atoms with Gasteiger partial charge in [-0.05, 0) is 61.6 Å². The molecule has 0 radical (unpaired) electrons. The fourth-order valence-electron chi connectivity index (χ4n) is 4.40. The zero-order chi connectivity index (χ0) is 22.2. The highest BCUT2D eigenvalue weighted by atomic mass is 32.2. The van der Waals surface area contributed by atoms with Crippen LogP contribution in [-0.4, -0.2) is 27.5 Å². The summed E-state index contributed by atoms with van der Waals surface area (Å²) in [6, 6.07) is 1.95. The summed E-state index contributed by atoms with van der Waals surface area (Å²) >= 11 is 4.46. The fraction of sp³-hybridized carbons (Fsp3) is 0.455. The van der Waals surface area contributed by atoms with Gasteiger partial charge in [-0.15, -0.1) is 34.4 Å². The third-order valence-electron chi connectivity index (χ3n) is 5.96. The quantitative estimate of drug-likeness (QED) is 0.478. The van der Waals surface area contributed by atoms with Crippen LogP contribution in [0.4, 0.5) is 0 Å². The van der Waals surface area contributed by atoms with Crippen molar-refractivity contribution in [3.63, 3.8) is 0 Å². The van der Waals surface area contributed by atoms with E-state index in [0.717, 1.165) is 54.3 Å². The summed E-state index contributed by atoms with van der Waals surface area (Å²) in [5.74, 6) is 1.22. The summed E-state index contributed by atoms with van der Waals surface area (Å²) in [4.78, 5) is 48.5. The van der Waals surface area contributed by atoms with Crippen molar-refractivity contribution >= 4 is 56.5 Å². The lowest BCUT2D eigenvalue weighted by Crippen LogP contribution is -2.42. The summed E-state index contributed by atoms with van der Waals surface area (Å²) in [5, 5.41) is 0.737. The molecule has 0 bridgehead atoms. The van der Waals surface area contributed by atoms with Gasteiger partial charge in [-0.25, -0.2) is 4.98 Å². The Morgan fingerprint density at radius 1 is 1.22 bits per heavy atom. The van der Waals surface area contributed by atoms with Crippen molar-refractivity contribution in [3.8, 4) is 0 Å². The van der Waals surface area contributed by atoms with Gasteiger partial charge in [0.2, 0.25) is 5.91 Å². The number of aromatic nitrogens is 2. The number of carbonyl (C=O) groups is 2. The molecule has 0 saturated carbocycles. The van der Waals surface area contributed by atoms with Crippen molar-refractivity contribution < 1.29 is 9.59 Å². The van der Waals surface area contributed by atoms with E-state index in [1.165, 1.54) is 38.4 Å². The highest BCUT2D eigenvalue weighted by Gasteiger charge is 2.22. The number of thioether (sulfide) groups is 1. The van der Waals surface area contributed by atoms with Gasteiger partial charge in [0.15, 0.2) is 0 Å². The molecule has 3 aromatic rings. The predicted molar refractivity (Wildman–Crippen MR) is 130 cm³/mol. The van der Waals surface area contributed by atoms with Crippen LogP contribution in [-0.2, 0) is 36.2 Å². The van der Waals surface area contributed by atoms with Gasteiger partial charge < -0.3 is 4.98 Å². The molecule has 0 fully saturated rings. The number of nitrogens with one attached hydrogen (secondary N) is 3. The molecule has 3 aromatic heterocycles. The third-order valence-corrected chi connectivity index (χ3v) is 9.33. The maximum absolute atomic E-state index is 12.5. The number of fused-ring (bicyclic) bond motifs is 4. The number of carbonyl (C=O) groups excluding carboxylic acids is 2. The molecule has 3 heterocycles. The van der Waals surface area contributed by atoms with E-state index in [1.807, 2.05) is 6.07 Å². The molecule has 0 aromatic carbocycles. The Labute approximate surface area is 197 Å². The summed E-state index contributed by atoms with van der Waals surface area (Å²) in [5.41, 5.74) is 7.32. The molecule has 1 atom stereocenters. The van der Waals surface area contributed by atoms with E-state index in [1.54, 1.807) is 11.3 Å². The maximum Gasteiger partial charge on any atom is 0.279 e. The second kappa shape index (κ2) is 8.99. The Morgan fingerprint density at radius 3 is 2.97 bits per heavy atom. The molecule has 0 aliphatic heterocycles. The summed E-state index contributed by atoms with van der Waals surface area (Å²) < 4.78 is 0. The Balaban J connectivity index is 1.12. The number of thiophene rings is 2. The van der Waals surface area contributed by atoms with Crippen molar-refractivity contribution in [1.82, 2.24) is 20.8 Å². The predicted octanol–water partition coefficient (Wildman–Crippen LogP) is 3.35. The first-order chi connectivity index (χ1) is 15.5. The minimum absolute atomic E-state index is 0.0882. The van der Waals surface area contributed by atoms with Gasteiger partial charge in [0.25, 0.3) is 11.5 Å². The molecule has 0 spiro atoms. The number of hydrogen-bond acceptors (Lipinski definition) is 7. The Bertz CT molecular complexity index is 1260. The number of hydrogen-bond donors (Lipinski definition) is 3. The van der Waals surface area contributed by atoms with Gasteiger partial charge >= 0.3 is 0 Å². The van der Waals surface area contributed by atoms with Crippen LogP contribution in [0.1, 0.15) is 56.1 Å². The number of hydrazine groups is 1. The largest absolute Gasteiger partial charge is 0.309 e. The van der Waals surface area contributed by atoms with Crippen LogP contribution in [0.2, 0.25) is 0 Å². The minimum Gasteiger partial charge on any atom is -0.309 e. The van der Waals surface area contributed by atoms with Crippen molar-refractivity contribution in [2.24, 2.45) is 5.92 Å². The fourth-order valence-corrected chi connectivity index (χ4v) is 7.47. The van der Waals surface area contributed by atoms with Crippen LogP contribution < -0.4 is 16.4 Å². The van der Waals surface area contributed by atoms with E-state index in [4.69, 9.17) is 0 Å². The van der Waals surface area contributed by atoms with Crippen molar-refractivity contribution in [2.75, 3.05) is 5.75 Å². The number of H-pyrrole nitrogens is 1. The van der Waals surface area contributed by atoms with Crippen LogP contribution in [0, 0.1) is 5.92 Å². The average Bonchev–Trinajstić information content (AvgIpc) is 3.45. The molecular weight excluding hydrogens is 464 g/mol. The van der Waals surface area contributed by atoms with Gasteiger partial charge in [-0.3, -0.25) is 25.2 Å². The molecule has 32 heavy (non-hydrogen) atoms. The van der Waals surface area contributed by atoms with Crippen molar-refractivity contribution in [2.45, 2.75) is 51.2 Å². The highest BCUT2D eigenvalue weighted by molar-refractivity contribution is 7.99. The maximum atomic E-state index is 12.5. The van der Waals surface area contributed by atoms with Crippen molar-refractivity contribution in [1.29, 1.82) is 0 Å². The second-order valence-electron chi connectivity index (χ2n) is 8.45. The number of amides is 2. The van der Waals surface area contributed by atoms with Gasteiger partial charge in [0, 0.05) is 9.75 Å². The first kappa shape index (κ1) is 21.7. The third kappa shape index (κ3) is 4.35. The SMILES string of the molecule is CC1CCc2sc(C(=O)NNC(=O)CSCc3nc4sc5c(c4c(=O)[nH]3)CCC5)cc2C1. The van der Waals surface area contributed by atoms with Crippen molar-refractivity contribution in [3.05, 3.63) is 48.0 Å². The number of nitrogens with zero attached hydrogens (tertiary/aromatic N) is 1. The normalized spacial score (nSPS) is 17.2. The molecule has 1 unspecified atom stereocenters. The monoisotopic (exact) mass is 488 g/mol. The lowest BCUT2D eigenvalue weighted by atomic mass is 9.90. The average molecular weight is 489 g/mol. The zero-order valence-electron chi connectivity index (χ0n) is 17.7. The molecule has 2 aliphatic rings. The Hall–Kier alpha value is -2.17. The summed E-state index contributed by atoms with van der Waals surface area (Å²) in [6.07, 6.45) is 6.27. The molecule has 0 saturated heterocycles. The Morgan fingerprint density at radius 2 is 2.09 bits per heavy atom. The lowest BCUT2D eigenvalue weighted by Gasteiger charge is -2.16. The molecular formula is C22H24N4O3S3. The van der Waals surface area contributed by atoms with Crippen LogP contribution >= 0.6 is 34.4 Å². The van der Waals surface area contributed by atoms with Gasteiger partial charge in [0.1, 0.15) is 10.7 Å². The van der Waals surface area contributed by atoms with Gasteiger partial charge in [-0.1, -0.05) is 6.92 Å².